The van der Waals surface area contributed by atoms with Crippen molar-refractivity contribution in [2.24, 2.45) is 13.0 Å². The Hall–Kier alpha value is -1.55. The fourth-order valence-electron chi connectivity index (χ4n) is 2.04. The van der Waals surface area contributed by atoms with Crippen molar-refractivity contribution in [3.63, 3.8) is 0 Å². The number of ether oxygens (including phenoxy) is 1. The molecule has 1 aromatic heterocycles. The fourth-order valence-corrected chi connectivity index (χ4v) is 2.26. The van der Waals surface area contributed by atoms with Crippen LogP contribution in [0.5, 0.6) is 5.75 Å². The molecule has 0 saturated heterocycles. The number of alkyl halides is 1. The summed E-state index contributed by atoms with van der Waals surface area (Å²) in [4.78, 5) is 4.25. The predicted octanol–water partition coefficient (Wildman–Crippen LogP) is 2.46. The van der Waals surface area contributed by atoms with Crippen LogP contribution in [0.1, 0.15) is 11.4 Å². The van der Waals surface area contributed by atoms with Crippen LogP contribution in [-0.2, 0) is 19.9 Å². The summed E-state index contributed by atoms with van der Waals surface area (Å²) in [5.41, 5.74) is 1.26. The smallest absolute Gasteiger partial charge is 0.138 e. The van der Waals surface area contributed by atoms with Gasteiger partial charge in [-0.1, -0.05) is 12.1 Å². The highest BCUT2D eigenvalue weighted by molar-refractivity contribution is 6.18. The normalized spacial score (nSPS) is 12.4. The number of hydrogen-bond donors (Lipinski definition) is 0. The van der Waals surface area contributed by atoms with Gasteiger partial charge in [0.2, 0.25) is 0 Å². The standard InChI is InChI=1S/C14H18ClN3O/c1-18-14(16-10-17-18)8-12(9-15)7-11-3-5-13(19-2)6-4-11/h3-6,10,12H,7-9H2,1-2H3. The van der Waals surface area contributed by atoms with Crippen LogP contribution in [0.2, 0.25) is 0 Å². The zero-order chi connectivity index (χ0) is 13.7. The molecule has 5 heteroatoms. The van der Waals surface area contributed by atoms with E-state index in [1.54, 1.807) is 18.1 Å². The van der Waals surface area contributed by atoms with E-state index in [0.717, 1.165) is 24.4 Å². The van der Waals surface area contributed by atoms with Crippen molar-refractivity contribution in [3.8, 4) is 5.75 Å². The zero-order valence-corrected chi connectivity index (χ0v) is 12.0. The van der Waals surface area contributed by atoms with E-state index < -0.39 is 0 Å². The molecule has 0 spiro atoms. The van der Waals surface area contributed by atoms with Crippen LogP contribution in [0, 0.1) is 5.92 Å². The summed E-state index contributed by atoms with van der Waals surface area (Å²) in [6.45, 7) is 0. The number of aryl methyl sites for hydroxylation is 1. The van der Waals surface area contributed by atoms with Crippen molar-refractivity contribution >= 4 is 11.6 Å². The lowest BCUT2D eigenvalue weighted by atomic mass is 9.97. The van der Waals surface area contributed by atoms with Gasteiger partial charge < -0.3 is 4.74 Å². The van der Waals surface area contributed by atoms with E-state index in [0.29, 0.717) is 11.8 Å². The van der Waals surface area contributed by atoms with Gasteiger partial charge >= 0.3 is 0 Å². The molecule has 4 nitrogen and oxygen atoms in total. The summed E-state index contributed by atoms with van der Waals surface area (Å²) in [5.74, 6) is 2.82. The lowest BCUT2D eigenvalue weighted by Gasteiger charge is -2.13. The number of methoxy groups -OCH3 is 1. The first-order valence-electron chi connectivity index (χ1n) is 6.24. The van der Waals surface area contributed by atoms with Crippen LogP contribution < -0.4 is 4.74 Å². The Morgan fingerprint density at radius 2 is 2.00 bits per heavy atom. The molecule has 2 aromatic rings. The molecule has 1 atom stereocenters. The Labute approximate surface area is 118 Å². The van der Waals surface area contributed by atoms with E-state index in [4.69, 9.17) is 16.3 Å². The van der Waals surface area contributed by atoms with Crippen molar-refractivity contribution < 1.29 is 4.74 Å². The maximum Gasteiger partial charge on any atom is 0.138 e. The van der Waals surface area contributed by atoms with Crippen LogP contribution >= 0.6 is 11.6 Å². The first-order chi connectivity index (χ1) is 9.22. The van der Waals surface area contributed by atoms with Gasteiger partial charge in [0.05, 0.1) is 7.11 Å². The molecule has 0 aliphatic carbocycles. The topological polar surface area (TPSA) is 39.9 Å². The second kappa shape index (κ2) is 6.57. The molecule has 0 bridgehead atoms. The van der Waals surface area contributed by atoms with Gasteiger partial charge in [-0.3, -0.25) is 4.68 Å². The molecule has 0 amide bonds. The van der Waals surface area contributed by atoms with Gasteiger partial charge in [-0.05, 0) is 30.0 Å². The van der Waals surface area contributed by atoms with Gasteiger partial charge in [-0.25, -0.2) is 4.98 Å². The van der Waals surface area contributed by atoms with Gasteiger partial charge in [-0.15, -0.1) is 11.6 Å². The molecule has 0 N–H and O–H groups in total. The lowest BCUT2D eigenvalue weighted by Crippen LogP contribution is -2.13. The lowest BCUT2D eigenvalue weighted by molar-refractivity contribution is 0.414. The van der Waals surface area contributed by atoms with E-state index in [1.165, 1.54) is 5.56 Å². The van der Waals surface area contributed by atoms with Crippen LogP contribution in [0.4, 0.5) is 0 Å². The van der Waals surface area contributed by atoms with Crippen LogP contribution in [0.3, 0.4) is 0 Å². The minimum Gasteiger partial charge on any atom is -0.497 e. The Balaban J connectivity index is 2.00. The molecular weight excluding hydrogens is 262 g/mol. The average Bonchev–Trinajstić information content (AvgIpc) is 2.84. The molecule has 2 rings (SSSR count). The first kappa shape index (κ1) is 13.9. The van der Waals surface area contributed by atoms with Gasteiger partial charge in [0.25, 0.3) is 0 Å². The third kappa shape index (κ3) is 3.70. The van der Waals surface area contributed by atoms with Crippen LogP contribution in [0.25, 0.3) is 0 Å². The molecule has 0 fully saturated rings. The summed E-state index contributed by atoms with van der Waals surface area (Å²) in [6.07, 6.45) is 3.35. The first-order valence-corrected chi connectivity index (χ1v) is 6.78. The summed E-state index contributed by atoms with van der Waals surface area (Å²) < 4.78 is 6.95. The molecule has 19 heavy (non-hydrogen) atoms. The van der Waals surface area contributed by atoms with Crippen molar-refractivity contribution in [1.29, 1.82) is 0 Å². The largest absolute Gasteiger partial charge is 0.497 e. The highest BCUT2D eigenvalue weighted by atomic mass is 35.5. The number of benzene rings is 1. The SMILES string of the molecule is COc1ccc(CC(CCl)Cc2ncnn2C)cc1. The average molecular weight is 280 g/mol. The van der Waals surface area contributed by atoms with Crippen molar-refractivity contribution in [2.75, 3.05) is 13.0 Å². The molecule has 1 heterocycles. The minimum absolute atomic E-state index is 0.359. The summed E-state index contributed by atoms with van der Waals surface area (Å²) in [6, 6.07) is 8.11. The van der Waals surface area contributed by atoms with Crippen molar-refractivity contribution in [1.82, 2.24) is 14.8 Å². The maximum atomic E-state index is 6.06. The second-order valence-corrected chi connectivity index (χ2v) is 4.89. The van der Waals surface area contributed by atoms with E-state index >= 15 is 0 Å². The zero-order valence-electron chi connectivity index (χ0n) is 11.2. The van der Waals surface area contributed by atoms with Crippen molar-refractivity contribution in [2.45, 2.75) is 12.8 Å². The second-order valence-electron chi connectivity index (χ2n) is 4.58. The molecule has 0 aliphatic heterocycles. The third-order valence-electron chi connectivity index (χ3n) is 3.18. The highest BCUT2D eigenvalue weighted by Crippen LogP contribution is 2.17. The molecule has 0 radical (unpaired) electrons. The van der Waals surface area contributed by atoms with E-state index in [9.17, 15) is 0 Å². The summed E-state index contributed by atoms with van der Waals surface area (Å²) in [7, 11) is 3.58. The molecule has 1 aromatic carbocycles. The number of hydrogen-bond acceptors (Lipinski definition) is 3. The van der Waals surface area contributed by atoms with E-state index in [2.05, 4.69) is 22.2 Å². The Morgan fingerprint density at radius 1 is 1.26 bits per heavy atom. The monoisotopic (exact) mass is 279 g/mol. The Bertz CT molecular complexity index is 510. The van der Waals surface area contributed by atoms with Gasteiger partial charge in [0.15, 0.2) is 0 Å². The van der Waals surface area contributed by atoms with Crippen molar-refractivity contribution in [3.05, 3.63) is 42.0 Å². The highest BCUT2D eigenvalue weighted by Gasteiger charge is 2.13. The molecular formula is C14H18ClN3O. The Morgan fingerprint density at radius 3 is 2.53 bits per heavy atom. The van der Waals surface area contributed by atoms with Crippen LogP contribution in [0.15, 0.2) is 30.6 Å². The fraction of sp³-hybridized carbons (Fsp3) is 0.429. The van der Waals surface area contributed by atoms with E-state index in [1.807, 2.05) is 19.2 Å². The molecule has 0 aliphatic rings. The number of halogens is 1. The van der Waals surface area contributed by atoms with Gasteiger partial charge in [0, 0.05) is 19.3 Å². The number of aromatic nitrogens is 3. The molecule has 0 saturated carbocycles. The summed E-state index contributed by atoms with van der Waals surface area (Å²) in [5, 5.41) is 4.08. The minimum atomic E-state index is 0.359. The molecule has 102 valence electrons. The summed E-state index contributed by atoms with van der Waals surface area (Å²) >= 11 is 6.06. The number of rotatable bonds is 6. The maximum absolute atomic E-state index is 6.06. The quantitative estimate of drug-likeness (QED) is 0.763. The molecule has 1 unspecified atom stereocenters. The number of nitrogens with zero attached hydrogens (tertiary/aromatic N) is 3. The van der Waals surface area contributed by atoms with Crippen LogP contribution in [-0.4, -0.2) is 27.8 Å². The van der Waals surface area contributed by atoms with Gasteiger partial charge in [0.1, 0.15) is 17.9 Å². The Kier molecular flexibility index (Phi) is 4.80. The van der Waals surface area contributed by atoms with E-state index in [-0.39, 0.29) is 0 Å². The predicted molar refractivity (Wildman–Crippen MR) is 75.6 cm³/mol. The third-order valence-corrected chi connectivity index (χ3v) is 3.61. The van der Waals surface area contributed by atoms with Gasteiger partial charge in [-0.2, -0.15) is 5.10 Å².